The van der Waals surface area contributed by atoms with E-state index in [0.717, 1.165) is 11.3 Å². The van der Waals surface area contributed by atoms with Gasteiger partial charge in [0.15, 0.2) is 0 Å². The van der Waals surface area contributed by atoms with E-state index in [2.05, 4.69) is 26.2 Å². The molecule has 2 rings (SSSR count). The molecule has 0 spiro atoms. The van der Waals surface area contributed by atoms with Crippen LogP contribution < -0.4 is 4.90 Å². The molecule has 0 aliphatic rings. The summed E-state index contributed by atoms with van der Waals surface area (Å²) in [6, 6.07) is 8.00. The molecule has 0 saturated heterocycles. The van der Waals surface area contributed by atoms with Crippen LogP contribution in [0.3, 0.4) is 0 Å². The molecule has 2 aromatic rings. The van der Waals surface area contributed by atoms with E-state index in [9.17, 15) is 10.1 Å². The zero-order valence-corrected chi connectivity index (χ0v) is 16.8. The normalized spacial score (nSPS) is 11.1. The summed E-state index contributed by atoms with van der Waals surface area (Å²) >= 11 is 9.31. The van der Waals surface area contributed by atoms with Crippen molar-refractivity contribution in [3.05, 3.63) is 55.5 Å². The lowest BCUT2D eigenvalue weighted by molar-refractivity contribution is -0.384. The molecule has 27 heavy (non-hydrogen) atoms. The fourth-order valence-corrected chi connectivity index (χ4v) is 3.31. The number of benzene rings is 2. The van der Waals surface area contributed by atoms with Crippen molar-refractivity contribution in [3.63, 3.8) is 0 Å². The maximum Gasteiger partial charge on any atom is 0.272 e. The van der Waals surface area contributed by atoms with Gasteiger partial charge >= 0.3 is 0 Å². The molecule has 8 nitrogen and oxygen atoms in total. The average molecular weight is 458 g/mol. The predicted octanol–water partition coefficient (Wildman–Crippen LogP) is 4.53. The van der Waals surface area contributed by atoms with Crippen LogP contribution in [0.4, 0.5) is 22.7 Å². The molecular formula is C17H18BrClN4O4. The maximum absolute atomic E-state index is 10.9. The molecule has 10 heteroatoms. The highest BCUT2D eigenvalue weighted by atomic mass is 79.9. The number of nitro groups is 1. The summed E-state index contributed by atoms with van der Waals surface area (Å²) in [6.45, 7) is 2.64. The van der Waals surface area contributed by atoms with E-state index in [0.29, 0.717) is 28.9 Å². The average Bonchev–Trinajstić information content (AvgIpc) is 2.61. The highest BCUT2D eigenvalue weighted by Crippen LogP contribution is 2.38. The number of rotatable bonds is 8. The second-order valence-electron chi connectivity index (χ2n) is 5.62. The van der Waals surface area contributed by atoms with Crippen molar-refractivity contribution < 1.29 is 15.1 Å². The van der Waals surface area contributed by atoms with Gasteiger partial charge in [-0.3, -0.25) is 10.1 Å². The first-order valence-corrected chi connectivity index (χ1v) is 9.17. The van der Waals surface area contributed by atoms with E-state index in [-0.39, 0.29) is 23.9 Å². The molecule has 0 heterocycles. The number of nitrogens with zero attached hydrogens (tertiary/aromatic N) is 4. The summed E-state index contributed by atoms with van der Waals surface area (Å²) in [6.07, 6.45) is 0. The molecule has 0 atom stereocenters. The molecule has 0 aliphatic carbocycles. The predicted molar refractivity (Wildman–Crippen MR) is 108 cm³/mol. The number of aliphatic hydroxyl groups excluding tert-OH is 2. The number of nitro benzene ring substituents is 1. The van der Waals surface area contributed by atoms with Gasteiger partial charge in [0, 0.05) is 30.9 Å². The first-order chi connectivity index (χ1) is 12.9. The monoisotopic (exact) mass is 456 g/mol. The number of aliphatic hydroxyl groups is 2. The zero-order chi connectivity index (χ0) is 20.0. The number of anilines is 1. The van der Waals surface area contributed by atoms with Crippen LogP contribution >= 0.6 is 27.5 Å². The molecule has 0 fully saturated rings. The van der Waals surface area contributed by atoms with Crippen LogP contribution in [0.2, 0.25) is 5.02 Å². The van der Waals surface area contributed by atoms with Crippen LogP contribution in [0.25, 0.3) is 0 Å². The Morgan fingerprint density at radius 1 is 1.19 bits per heavy atom. The minimum Gasteiger partial charge on any atom is -0.395 e. The molecule has 0 bridgehead atoms. The van der Waals surface area contributed by atoms with Crippen LogP contribution in [0, 0.1) is 17.0 Å². The molecule has 0 amide bonds. The Bertz CT molecular complexity index is 834. The van der Waals surface area contributed by atoms with Crippen molar-refractivity contribution in [3.8, 4) is 0 Å². The second-order valence-corrected chi connectivity index (χ2v) is 6.88. The minimum absolute atomic E-state index is 0.0207. The van der Waals surface area contributed by atoms with Crippen LogP contribution in [0.5, 0.6) is 0 Å². The summed E-state index contributed by atoms with van der Waals surface area (Å²) < 4.78 is 0.372. The SMILES string of the molecule is Cc1cc(N(CCO)CCO)ccc1N=Nc1c(Cl)cc([N+](=O)[O-])cc1Br. The Hall–Kier alpha value is -2.07. The van der Waals surface area contributed by atoms with Crippen molar-refractivity contribution >= 4 is 50.3 Å². The fraction of sp³-hybridized carbons (Fsp3) is 0.294. The van der Waals surface area contributed by atoms with Gasteiger partial charge in [-0.25, -0.2) is 0 Å². The van der Waals surface area contributed by atoms with Crippen molar-refractivity contribution in [1.82, 2.24) is 0 Å². The Morgan fingerprint density at radius 3 is 2.37 bits per heavy atom. The lowest BCUT2D eigenvalue weighted by Gasteiger charge is -2.23. The summed E-state index contributed by atoms with van der Waals surface area (Å²) in [7, 11) is 0. The van der Waals surface area contributed by atoms with Gasteiger partial charge in [-0.1, -0.05) is 11.6 Å². The van der Waals surface area contributed by atoms with E-state index in [1.807, 2.05) is 24.0 Å². The van der Waals surface area contributed by atoms with E-state index in [1.54, 1.807) is 6.07 Å². The van der Waals surface area contributed by atoms with Gasteiger partial charge in [0.05, 0.1) is 33.3 Å². The van der Waals surface area contributed by atoms with Gasteiger partial charge in [0.1, 0.15) is 5.69 Å². The van der Waals surface area contributed by atoms with Crippen molar-refractivity contribution in [1.29, 1.82) is 0 Å². The highest BCUT2D eigenvalue weighted by molar-refractivity contribution is 9.10. The summed E-state index contributed by atoms with van der Waals surface area (Å²) in [4.78, 5) is 12.2. The number of hydrogen-bond acceptors (Lipinski definition) is 7. The van der Waals surface area contributed by atoms with Crippen molar-refractivity contribution in [2.45, 2.75) is 6.92 Å². The van der Waals surface area contributed by atoms with Gasteiger partial charge in [0.25, 0.3) is 5.69 Å². The van der Waals surface area contributed by atoms with Gasteiger partial charge < -0.3 is 15.1 Å². The summed E-state index contributed by atoms with van der Waals surface area (Å²) in [5, 5.41) is 37.6. The Labute approximate surface area is 169 Å². The second kappa shape index (κ2) is 9.75. The number of non-ortho nitro benzene ring substituents is 1. The van der Waals surface area contributed by atoms with Crippen LogP contribution in [0.15, 0.2) is 45.0 Å². The molecule has 2 aromatic carbocycles. The third-order valence-electron chi connectivity index (χ3n) is 3.76. The fourth-order valence-electron chi connectivity index (χ4n) is 2.42. The molecule has 0 unspecified atom stereocenters. The maximum atomic E-state index is 10.9. The number of hydrogen-bond donors (Lipinski definition) is 2. The largest absolute Gasteiger partial charge is 0.395 e. The Kier molecular flexibility index (Phi) is 7.66. The highest BCUT2D eigenvalue weighted by Gasteiger charge is 2.14. The molecule has 2 N–H and O–H groups in total. The Balaban J connectivity index is 2.29. The molecule has 0 aromatic heterocycles. The van der Waals surface area contributed by atoms with E-state index in [4.69, 9.17) is 21.8 Å². The lowest BCUT2D eigenvalue weighted by atomic mass is 10.1. The van der Waals surface area contributed by atoms with Crippen molar-refractivity contribution in [2.75, 3.05) is 31.2 Å². The quantitative estimate of drug-likeness (QED) is 0.344. The number of halogens is 2. The molecule has 0 radical (unpaired) electrons. The van der Waals surface area contributed by atoms with Gasteiger partial charge in [0.2, 0.25) is 0 Å². The third-order valence-corrected chi connectivity index (χ3v) is 4.65. The first-order valence-electron chi connectivity index (χ1n) is 8.00. The molecular weight excluding hydrogens is 440 g/mol. The third kappa shape index (κ3) is 5.46. The number of aryl methyl sites for hydroxylation is 1. The Morgan fingerprint density at radius 2 is 1.85 bits per heavy atom. The summed E-state index contributed by atoms with van der Waals surface area (Å²) in [5.74, 6) is 0. The van der Waals surface area contributed by atoms with Gasteiger partial charge in [-0.15, -0.1) is 5.11 Å². The smallest absolute Gasteiger partial charge is 0.272 e. The van der Waals surface area contributed by atoms with Gasteiger partial charge in [-0.2, -0.15) is 5.11 Å². The zero-order valence-electron chi connectivity index (χ0n) is 14.5. The standard InChI is InChI=1S/C17H18BrClN4O4/c1-11-8-12(22(4-6-24)5-7-25)2-3-16(11)20-21-17-14(18)9-13(23(26)27)10-15(17)19/h2-3,8-10,24-25H,4-7H2,1H3. The van der Waals surface area contributed by atoms with Crippen LogP contribution in [0.1, 0.15) is 5.56 Å². The summed E-state index contributed by atoms with van der Waals surface area (Å²) in [5.41, 5.74) is 2.45. The molecule has 144 valence electrons. The molecule has 0 saturated carbocycles. The van der Waals surface area contributed by atoms with E-state index >= 15 is 0 Å². The topological polar surface area (TPSA) is 112 Å². The number of azo groups is 1. The van der Waals surface area contributed by atoms with E-state index < -0.39 is 4.92 Å². The van der Waals surface area contributed by atoms with Crippen LogP contribution in [-0.4, -0.2) is 41.4 Å². The van der Waals surface area contributed by atoms with Gasteiger partial charge in [-0.05, 0) is 46.6 Å². The van der Waals surface area contributed by atoms with Crippen LogP contribution in [-0.2, 0) is 0 Å². The first kappa shape index (κ1) is 21.2. The van der Waals surface area contributed by atoms with E-state index in [1.165, 1.54) is 12.1 Å². The minimum atomic E-state index is -0.537. The lowest BCUT2D eigenvalue weighted by Crippen LogP contribution is -2.29. The van der Waals surface area contributed by atoms with Crippen molar-refractivity contribution in [2.24, 2.45) is 10.2 Å². The molecule has 0 aliphatic heterocycles.